The van der Waals surface area contributed by atoms with Crippen molar-refractivity contribution in [2.75, 3.05) is 0 Å². The van der Waals surface area contributed by atoms with Gasteiger partial charge in [-0.3, -0.25) is 0 Å². The number of ether oxygens (including phenoxy) is 1. The molecule has 0 radical (unpaired) electrons. The average molecular weight is 177 g/mol. The number of hydrogen-bond donors (Lipinski definition) is 1. The minimum atomic E-state index is -1.20. The van der Waals surface area contributed by atoms with E-state index in [1.807, 2.05) is 0 Å². The van der Waals surface area contributed by atoms with Gasteiger partial charge >= 0.3 is 5.97 Å². The molecule has 1 aromatic carbocycles. The lowest BCUT2D eigenvalue weighted by Crippen LogP contribution is -2.12. The standard InChI is InChI=1S/C9H7NO3/c10-6-13-8(9(11)12)7-4-2-1-3-5-7/h1-5,8H,(H,11,12). The van der Waals surface area contributed by atoms with Crippen LogP contribution in [-0.4, -0.2) is 11.1 Å². The molecule has 0 saturated carbocycles. The summed E-state index contributed by atoms with van der Waals surface area (Å²) in [5.74, 6) is -1.17. The lowest BCUT2D eigenvalue weighted by molar-refractivity contribution is -0.146. The Bertz CT molecular complexity index is 328. The Labute approximate surface area is 75.0 Å². The second kappa shape index (κ2) is 4.12. The van der Waals surface area contributed by atoms with Crippen LogP contribution in [0.2, 0.25) is 0 Å². The van der Waals surface area contributed by atoms with Gasteiger partial charge in [-0.1, -0.05) is 30.3 Å². The van der Waals surface area contributed by atoms with E-state index in [0.29, 0.717) is 5.56 Å². The summed E-state index contributed by atoms with van der Waals surface area (Å²) in [6, 6.07) is 8.32. The maximum absolute atomic E-state index is 10.6. The van der Waals surface area contributed by atoms with E-state index in [0.717, 1.165) is 0 Å². The number of rotatable bonds is 3. The molecule has 4 heteroatoms. The van der Waals surface area contributed by atoms with E-state index in [2.05, 4.69) is 4.74 Å². The molecular formula is C9H7NO3. The molecular weight excluding hydrogens is 170 g/mol. The predicted molar refractivity (Wildman–Crippen MR) is 43.5 cm³/mol. The van der Waals surface area contributed by atoms with Crippen molar-refractivity contribution in [3.63, 3.8) is 0 Å². The fourth-order valence-electron chi connectivity index (χ4n) is 0.942. The fraction of sp³-hybridized carbons (Fsp3) is 0.111. The molecule has 0 aliphatic rings. The smallest absolute Gasteiger partial charge is 0.350 e. The summed E-state index contributed by atoms with van der Waals surface area (Å²) in [5, 5.41) is 16.9. The number of benzene rings is 1. The predicted octanol–water partition coefficient (Wildman–Crippen LogP) is 1.31. The highest BCUT2D eigenvalue weighted by Gasteiger charge is 2.20. The quantitative estimate of drug-likeness (QED) is 0.706. The van der Waals surface area contributed by atoms with Crippen molar-refractivity contribution in [2.24, 2.45) is 0 Å². The summed E-state index contributed by atoms with van der Waals surface area (Å²) in [6.07, 6.45) is 0.164. The van der Waals surface area contributed by atoms with Gasteiger partial charge in [0.1, 0.15) is 0 Å². The van der Waals surface area contributed by atoms with E-state index < -0.39 is 12.1 Å². The van der Waals surface area contributed by atoms with Gasteiger partial charge in [-0.05, 0) is 0 Å². The Balaban J connectivity index is 2.90. The van der Waals surface area contributed by atoms with Crippen molar-refractivity contribution in [3.8, 4) is 6.26 Å². The average Bonchev–Trinajstić information content (AvgIpc) is 2.15. The van der Waals surface area contributed by atoms with Gasteiger partial charge < -0.3 is 9.84 Å². The van der Waals surface area contributed by atoms with Gasteiger partial charge in [0.25, 0.3) is 6.26 Å². The minimum Gasteiger partial charge on any atom is -0.478 e. The number of hydrogen-bond acceptors (Lipinski definition) is 3. The Kier molecular flexibility index (Phi) is 2.87. The summed E-state index contributed by atoms with van der Waals surface area (Å²) in [6.45, 7) is 0. The van der Waals surface area contributed by atoms with Crippen LogP contribution >= 0.6 is 0 Å². The third-order valence-electron chi connectivity index (χ3n) is 1.50. The lowest BCUT2D eigenvalue weighted by Gasteiger charge is -2.07. The number of carboxylic acids is 1. The SMILES string of the molecule is N#COC(C(=O)O)c1ccccc1. The number of nitriles is 1. The molecule has 0 fully saturated rings. The molecule has 0 aliphatic heterocycles. The zero-order chi connectivity index (χ0) is 9.68. The highest BCUT2D eigenvalue weighted by atomic mass is 16.5. The van der Waals surface area contributed by atoms with E-state index in [1.54, 1.807) is 30.3 Å². The van der Waals surface area contributed by atoms with Crippen molar-refractivity contribution in [3.05, 3.63) is 35.9 Å². The minimum absolute atomic E-state index is 0.455. The zero-order valence-electron chi connectivity index (χ0n) is 6.68. The van der Waals surface area contributed by atoms with Crippen LogP contribution in [-0.2, 0) is 9.53 Å². The van der Waals surface area contributed by atoms with Gasteiger partial charge in [-0.2, -0.15) is 5.26 Å². The zero-order valence-corrected chi connectivity index (χ0v) is 6.68. The van der Waals surface area contributed by atoms with Crippen LogP contribution in [0.25, 0.3) is 0 Å². The largest absolute Gasteiger partial charge is 0.478 e. The maximum Gasteiger partial charge on any atom is 0.350 e. The molecule has 1 N–H and O–H groups in total. The van der Waals surface area contributed by atoms with Crippen LogP contribution in [0.5, 0.6) is 0 Å². The number of aliphatic carboxylic acids is 1. The Morgan fingerprint density at radius 2 is 2.08 bits per heavy atom. The lowest BCUT2D eigenvalue weighted by atomic mass is 10.1. The molecule has 0 saturated heterocycles. The molecule has 0 aliphatic carbocycles. The maximum atomic E-state index is 10.6. The van der Waals surface area contributed by atoms with Crippen LogP contribution in [0.4, 0.5) is 0 Å². The molecule has 13 heavy (non-hydrogen) atoms. The highest BCUT2D eigenvalue weighted by Crippen LogP contribution is 2.16. The van der Waals surface area contributed by atoms with Gasteiger partial charge in [0.2, 0.25) is 6.10 Å². The Morgan fingerprint density at radius 3 is 2.54 bits per heavy atom. The van der Waals surface area contributed by atoms with Crippen LogP contribution in [0.1, 0.15) is 11.7 Å². The molecule has 1 aromatic rings. The normalized spacial score (nSPS) is 11.3. The number of carboxylic acid groups (broad SMARTS) is 1. The summed E-state index contributed by atoms with van der Waals surface area (Å²) < 4.78 is 4.40. The van der Waals surface area contributed by atoms with Crippen molar-refractivity contribution >= 4 is 5.97 Å². The van der Waals surface area contributed by atoms with Crippen molar-refractivity contribution in [2.45, 2.75) is 6.10 Å². The molecule has 0 bridgehead atoms. The molecule has 66 valence electrons. The first-order valence-corrected chi connectivity index (χ1v) is 3.58. The Hall–Kier alpha value is -2.02. The molecule has 1 unspecified atom stereocenters. The first-order chi connectivity index (χ1) is 6.25. The first-order valence-electron chi connectivity index (χ1n) is 3.58. The highest BCUT2D eigenvalue weighted by molar-refractivity contribution is 5.74. The van der Waals surface area contributed by atoms with Crippen LogP contribution in [0.3, 0.4) is 0 Å². The van der Waals surface area contributed by atoms with Gasteiger partial charge in [0.15, 0.2) is 0 Å². The van der Waals surface area contributed by atoms with Gasteiger partial charge in [0.05, 0.1) is 0 Å². The fourth-order valence-corrected chi connectivity index (χ4v) is 0.942. The van der Waals surface area contributed by atoms with E-state index >= 15 is 0 Å². The van der Waals surface area contributed by atoms with Crippen molar-refractivity contribution < 1.29 is 14.6 Å². The summed E-state index contributed by atoms with van der Waals surface area (Å²) in [5.41, 5.74) is 0.455. The van der Waals surface area contributed by atoms with Gasteiger partial charge in [-0.15, -0.1) is 0 Å². The molecule has 0 spiro atoms. The van der Waals surface area contributed by atoms with E-state index in [-0.39, 0.29) is 0 Å². The molecule has 0 heterocycles. The van der Waals surface area contributed by atoms with Crippen LogP contribution in [0, 0.1) is 11.5 Å². The second-order valence-electron chi connectivity index (χ2n) is 2.34. The molecule has 0 amide bonds. The van der Waals surface area contributed by atoms with Crippen LogP contribution < -0.4 is 0 Å². The van der Waals surface area contributed by atoms with Crippen molar-refractivity contribution in [1.29, 1.82) is 5.26 Å². The van der Waals surface area contributed by atoms with E-state index in [4.69, 9.17) is 10.4 Å². The third kappa shape index (κ3) is 2.20. The molecule has 1 rings (SSSR count). The molecule has 0 aromatic heterocycles. The first kappa shape index (κ1) is 9.07. The topological polar surface area (TPSA) is 70.3 Å². The molecule has 4 nitrogen and oxygen atoms in total. The van der Waals surface area contributed by atoms with Gasteiger partial charge in [-0.25, -0.2) is 4.79 Å². The summed E-state index contributed by atoms with van der Waals surface area (Å²) >= 11 is 0. The second-order valence-corrected chi connectivity index (χ2v) is 2.34. The summed E-state index contributed by atoms with van der Waals surface area (Å²) in [4.78, 5) is 10.6. The Morgan fingerprint density at radius 1 is 1.46 bits per heavy atom. The third-order valence-corrected chi connectivity index (χ3v) is 1.50. The van der Waals surface area contributed by atoms with Crippen molar-refractivity contribution in [1.82, 2.24) is 0 Å². The van der Waals surface area contributed by atoms with Crippen LogP contribution in [0.15, 0.2) is 30.3 Å². The monoisotopic (exact) mass is 177 g/mol. The van der Waals surface area contributed by atoms with Gasteiger partial charge in [0, 0.05) is 5.56 Å². The summed E-state index contributed by atoms with van der Waals surface area (Å²) in [7, 11) is 0. The number of carbonyl (C=O) groups is 1. The van der Waals surface area contributed by atoms with E-state index in [9.17, 15) is 4.79 Å². The molecule has 1 atom stereocenters. The number of nitrogens with zero attached hydrogens (tertiary/aromatic N) is 1. The van der Waals surface area contributed by atoms with E-state index in [1.165, 1.54) is 6.26 Å².